The lowest BCUT2D eigenvalue weighted by molar-refractivity contribution is -0.118. The van der Waals surface area contributed by atoms with Crippen LogP contribution in [0.15, 0.2) is 42.5 Å². The van der Waals surface area contributed by atoms with Crippen molar-refractivity contribution >= 4 is 17.4 Å². The number of piperidine rings is 2. The molecule has 2 fully saturated rings. The SMILES string of the molecule is N#Cc1ccc(OCCCN2CC3CC(C2)CN(CC(=O)c2ccc4c(c2)NC(=O)CO4)C3)cc1. The van der Waals surface area contributed by atoms with E-state index in [-0.39, 0.29) is 18.3 Å². The Morgan fingerprint density at radius 2 is 1.83 bits per heavy atom. The fourth-order valence-corrected chi connectivity index (χ4v) is 5.46. The van der Waals surface area contributed by atoms with Crippen molar-refractivity contribution in [3.63, 3.8) is 0 Å². The lowest BCUT2D eigenvalue weighted by Gasteiger charge is -2.45. The van der Waals surface area contributed by atoms with Gasteiger partial charge in [-0.1, -0.05) is 0 Å². The Morgan fingerprint density at radius 1 is 1.09 bits per heavy atom. The van der Waals surface area contributed by atoms with Gasteiger partial charge in [0.05, 0.1) is 30.5 Å². The lowest BCUT2D eigenvalue weighted by Crippen LogP contribution is -2.53. The van der Waals surface area contributed by atoms with Crippen molar-refractivity contribution in [2.24, 2.45) is 11.8 Å². The topological polar surface area (TPSA) is 94.9 Å². The van der Waals surface area contributed by atoms with Crippen LogP contribution in [0.25, 0.3) is 0 Å². The number of Topliss-reactive ketones (excluding diaryl/α,β-unsaturated/α-hetero) is 1. The molecule has 0 saturated carbocycles. The standard InChI is InChI=1S/C27H30N4O4/c28-12-19-2-5-23(6-3-19)34-9-1-8-30-13-20-10-21(14-30)16-31(15-20)17-25(32)22-4-7-26-24(11-22)29-27(33)18-35-26/h2-7,11,20-21H,1,8-10,13-18H2,(H,29,33). The number of ether oxygens (including phenoxy) is 2. The van der Waals surface area contributed by atoms with Crippen LogP contribution >= 0.6 is 0 Å². The highest BCUT2D eigenvalue weighted by Crippen LogP contribution is 2.31. The molecule has 8 heteroatoms. The van der Waals surface area contributed by atoms with Crippen molar-refractivity contribution in [3.05, 3.63) is 53.6 Å². The summed E-state index contributed by atoms with van der Waals surface area (Å²) in [5.74, 6) is 2.43. The summed E-state index contributed by atoms with van der Waals surface area (Å²) in [7, 11) is 0. The second-order valence-corrected chi connectivity index (χ2v) is 9.73. The molecule has 8 nitrogen and oxygen atoms in total. The molecule has 0 spiro atoms. The Morgan fingerprint density at radius 3 is 2.57 bits per heavy atom. The number of nitrogens with zero attached hydrogens (tertiary/aromatic N) is 3. The third kappa shape index (κ3) is 5.81. The molecule has 35 heavy (non-hydrogen) atoms. The predicted molar refractivity (Wildman–Crippen MR) is 131 cm³/mol. The smallest absolute Gasteiger partial charge is 0.262 e. The first-order valence-corrected chi connectivity index (χ1v) is 12.2. The zero-order valence-electron chi connectivity index (χ0n) is 19.7. The number of benzene rings is 2. The molecule has 3 aliphatic heterocycles. The molecule has 2 atom stereocenters. The van der Waals surface area contributed by atoms with Gasteiger partial charge in [-0.2, -0.15) is 5.26 Å². The van der Waals surface area contributed by atoms with E-state index in [9.17, 15) is 9.59 Å². The maximum atomic E-state index is 13.0. The van der Waals surface area contributed by atoms with Crippen LogP contribution in [-0.2, 0) is 4.79 Å². The molecule has 2 unspecified atom stereocenters. The summed E-state index contributed by atoms with van der Waals surface area (Å²) >= 11 is 0. The van der Waals surface area contributed by atoms with Crippen LogP contribution in [0.4, 0.5) is 5.69 Å². The molecular formula is C27H30N4O4. The number of nitrogens with one attached hydrogen (secondary N) is 1. The highest BCUT2D eigenvalue weighted by molar-refractivity contribution is 6.01. The summed E-state index contributed by atoms with van der Waals surface area (Å²) in [6.07, 6.45) is 2.19. The van der Waals surface area contributed by atoms with Crippen molar-refractivity contribution in [2.75, 3.05) is 57.8 Å². The number of fused-ring (bicyclic) bond motifs is 3. The summed E-state index contributed by atoms with van der Waals surface area (Å²) in [6.45, 7) is 6.06. The van der Waals surface area contributed by atoms with Gasteiger partial charge in [-0.15, -0.1) is 0 Å². The molecule has 182 valence electrons. The van der Waals surface area contributed by atoms with E-state index in [1.165, 1.54) is 6.42 Å². The number of carbonyl (C=O) groups is 2. The van der Waals surface area contributed by atoms with E-state index < -0.39 is 0 Å². The largest absolute Gasteiger partial charge is 0.494 e. The molecule has 2 aromatic carbocycles. The number of rotatable bonds is 8. The first-order valence-electron chi connectivity index (χ1n) is 12.2. The Hall–Kier alpha value is -3.41. The quantitative estimate of drug-likeness (QED) is 0.464. The minimum atomic E-state index is -0.198. The fraction of sp³-hybridized carbons (Fsp3) is 0.444. The van der Waals surface area contributed by atoms with Crippen LogP contribution in [0.2, 0.25) is 0 Å². The summed E-state index contributed by atoms with van der Waals surface area (Å²) in [6, 6.07) is 14.6. The molecule has 1 N–H and O–H groups in total. The molecule has 1 amide bonds. The summed E-state index contributed by atoms with van der Waals surface area (Å²) in [5.41, 5.74) is 1.81. The molecular weight excluding hydrogens is 444 g/mol. The zero-order chi connectivity index (χ0) is 24.2. The number of ketones is 1. The number of carbonyl (C=O) groups excluding carboxylic acids is 2. The molecule has 0 aliphatic carbocycles. The van der Waals surface area contributed by atoms with Gasteiger partial charge in [0.15, 0.2) is 12.4 Å². The Labute approximate surface area is 205 Å². The van der Waals surface area contributed by atoms with Crippen LogP contribution in [-0.4, -0.2) is 74.0 Å². The van der Waals surface area contributed by atoms with E-state index >= 15 is 0 Å². The van der Waals surface area contributed by atoms with Crippen LogP contribution in [0.3, 0.4) is 0 Å². The van der Waals surface area contributed by atoms with Crippen LogP contribution in [0.1, 0.15) is 28.8 Å². The maximum Gasteiger partial charge on any atom is 0.262 e. The second-order valence-electron chi connectivity index (χ2n) is 9.73. The normalized spacial score (nSPS) is 21.9. The van der Waals surface area contributed by atoms with Gasteiger partial charge in [-0.25, -0.2) is 0 Å². The van der Waals surface area contributed by atoms with Crippen LogP contribution < -0.4 is 14.8 Å². The number of nitriles is 1. The van der Waals surface area contributed by atoms with Gasteiger partial charge in [-0.05, 0) is 67.1 Å². The second kappa shape index (κ2) is 10.5. The minimum absolute atomic E-state index is 0.0119. The zero-order valence-corrected chi connectivity index (χ0v) is 19.7. The summed E-state index contributed by atoms with van der Waals surface area (Å²) < 4.78 is 11.2. The first-order chi connectivity index (χ1) is 17.1. The summed E-state index contributed by atoms with van der Waals surface area (Å²) in [4.78, 5) is 29.4. The van der Waals surface area contributed by atoms with Gasteiger partial charge in [0.1, 0.15) is 11.5 Å². The number of amides is 1. The molecule has 3 aliphatic rings. The van der Waals surface area contributed by atoms with Gasteiger partial charge in [-0.3, -0.25) is 14.5 Å². The van der Waals surface area contributed by atoms with E-state index in [0.29, 0.717) is 47.6 Å². The third-order valence-electron chi connectivity index (χ3n) is 6.90. The average Bonchev–Trinajstić information content (AvgIpc) is 2.86. The van der Waals surface area contributed by atoms with Gasteiger partial charge in [0.25, 0.3) is 5.91 Å². The van der Waals surface area contributed by atoms with E-state index in [4.69, 9.17) is 14.7 Å². The van der Waals surface area contributed by atoms with Gasteiger partial charge in [0, 0.05) is 38.3 Å². The summed E-state index contributed by atoms with van der Waals surface area (Å²) in [5, 5.41) is 11.7. The number of likely N-dealkylation sites (tertiary alicyclic amines) is 2. The monoisotopic (exact) mass is 474 g/mol. The molecule has 2 saturated heterocycles. The van der Waals surface area contributed by atoms with Crippen molar-refractivity contribution < 1.29 is 19.1 Å². The Balaban J connectivity index is 1.07. The maximum absolute atomic E-state index is 13.0. The van der Waals surface area contributed by atoms with E-state index in [2.05, 4.69) is 21.2 Å². The third-order valence-corrected chi connectivity index (χ3v) is 6.90. The van der Waals surface area contributed by atoms with E-state index in [1.807, 2.05) is 12.1 Å². The fourth-order valence-electron chi connectivity index (χ4n) is 5.46. The predicted octanol–water partition coefficient (Wildman–Crippen LogP) is 2.79. The Bertz CT molecular complexity index is 1110. The van der Waals surface area contributed by atoms with E-state index in [1.54, 1.807) is 30.3 Å². The highest BCUT2D eigenvalue weighted by Gasteiger charge is 2.34. The first kappa shape index (κ1) is 23.3. The number of hydrogen-bond donors (Lipinski definition) is 1. The van der Waals surface area contributed by atoms with E-state index in [0.717, 1.165) is 44.9 Å². The van der Waals surface area contributed by atoms with Crippen molar-refractivity contribution in [1.82, 2.24) is 9.80 Å². The molecule has 5 rings (SSSR count). The molecule has 2 bridgehead atoms. The Kier molecular flexibility index (Phi) is 6.98. The van der Waals surface area contributed by atoms with Crippen molar-refractivity contribution in [3.8, 4) is 17.6 Å². The number of anilines is 1. The molecule has 3 heterocycles. The van der Waals surface area contributed by atoms with Gasteiger partial charge >= 0.3 is 0 Å². The number of hydrogen-bond acceptors (Lipinski definition) is 7. The van der Waals surface area contributed by atoms with Crippen molar-refractivity contribution in [2.45, 2.75) is 12.8 Å². The van der Waals surface area contributed by atoms with Gasteiger partial charge < -0.3 is 19.7 Å². The molecule has 0 aromatic heterocycles. The van der Waals surface area contributed by atoms with Crippen LogP contribution in [0.5, 0.6) is 11.5 Å². The minimum Gasteiger partial charge on any atom is -0.494 e. The highest BCUT2D eigenvalue weighted by atomic mass is 16.5. The lowest BCUT2D eigenvalue weighted by atomic mass is 9.84. The van der Waals surface area contributed by atoms with Crippen molar-refractivity contribution in [1.29, 1.82) is 5.26 Å². The van der Waals surface area contributed by atoms with Crippen LogP contribution in [0, 0.1) is 23.2 Å². The average molecular weight is 475 g/mol. The van der Waals surface area contributed by atoms with Gasteiger partial charge in [0.2, 0.25) is 0 Å². The molecule has 2 aromatic rings. The molecule has 0 radical (unpaired) electrons.